The van der Waals surface area contributed by atoms with Crippen LogP contribution in [0.3, 0.4) is 0 Å². The third-order valence-corrected chi connectivity index (χ3v) is 6.61. The van der Waals surface area contributed by atoms with Gasteiger partial charge in [0.2, 0.25) is 5.91 Å². The molecule has 0 bridgehead atoms. The molecule has 1 N–H and O–H groups in total. The zero-order chi connectivity index (χ0) is 21.9. The fourth-order valence-corrected chi connectivity index (χ4v) is 4.39. The number of hydrogen-bond donors (Lipinski definition) is 1. The predicted molar refractivity (Wildman–Crippen MR) is 120 cm³/mol. The SMILES string of the molecule is Cc1ccc(C(=O)NC2CC2)cc1N(C(=O)C1CC1)c1ccc2c(c1)CC(C)(C)C2=O. The van der Waals surface area contributed by atoms with Crippen LogP contribution in [0.2, 0.25) is 0 Å². The topological polar surface area (TPSA) is 66.5 Å². The van der Waals surface area contributed by atoms with Crippen LogP contribution in [0.5, 0.6) is 0 Å². The molecule has 5 rings (SSSR count). The van der Waals surface area contributed by atoms with E-state index in [1.807, 2.05) is 57.2 Å². The maximum atomic E-state index is 13.4. The number of Topliss-reactive ketones (excluding diaryl/α,β-unsaturated/α-hetero) is 1. The molecule has 0 atom stereocenters. The Hall–Kier alpha value is -2.95. The molecule has 3 aliphatic rings. The molecule has 2 aromatic carbocycles. The maximum Gasteiger partial charge on any atom is 0.251 e. The second-order valence-corrected chi connectivity index (χ2v) is 9.93. The molecule has 0 saturated heterocycles. The van der Waals surface area contributed by atoms with E-state index in [1.54, 1.807) is 4.90 Å². The molecule has 2 fully saturated rings. The van der Waals surface area contributed by atoms with Gasteiger partial charge in [0.1, 0.15) is 0 Å². The van der Waals surface area contributed by atoms with Crippen LogP contribution >= 0.6 is 0 Å². The molecular weight excluding hydrogens is 388 g/mol. The number of nitrogens with one attached hydrogen (secondary N) is 1. The van der Waals surface area contributed by atoms with Crippen LogP contribution in [0.4, 0.5) is 11.4 Å². The van der Waals surface area contributed by atoms with E-state index in [1.165, 1.54) is 0 Å². The molecule has 0 spiro atoms. The quantitative estimate of drug-likeness (QED) is 0.766. The highest BCUT2D eigenvalue weighted by molar-refractivity contribution is 6.07. The monoisotopic (exact) mass is 416 g/mol. The second-order valence-electron chi connectivity index (χ2n) is 9.93. The first-order valence-electron chi connectivity index (χ1n) is 11.2. The molecule has 160 valence electrons. The number of benzene rings is 2. The zero-order valence-electron chi connectivity index (χ0n) is 18.3. The summed E-state index contributed by atoms with van der Waals surface area (Å²) in [4.78, 5) is 40.4. The Labute approximate surface area is 182 Å². The first-order chi connectivity index (χ1) is 14.7. The summed E-state index contributed by atoms with van der Waals surface area (Å²) in [5.41, 5.74) is 4.34. The Morgan fingerprint density at radius 2 is 1.77 bits per heavy atom. The lowest BCUT2D eigenvalue weighted by molar-refractivity contribution is -0.119. The van der Waals surface area contributed by atoms with E-state index >= 15 is 0 Å². The molecule has 2 amide bonds. The summed E-state index contributed by atoms with van der Waals surface area (Å²) < 4.78 is 0. The molecule has 0 aromatic heterocycles. The zero-order valence-corrected chi connectivity index (χ0v) is 18.3. The molecule has 0 unspecified atom stereocenters. The van der Waals surface area contributed by atoms with Gasteiger partial charge in [0.15, 0.2) is 5.78 Å². The molecule has 2 saturated carbocycles. The standard InChI is InChI=1S/C26H28N2O3/c1-15-4-5-17(24(30)27-19-8-9-19)13-22(15)28(25(31)16-6-7-16)20-10-11-21-18(12-20)14-26(2,3)23(21)29/h4-5,10-13,16,19H,6-9,14H2,1-3H3,(H,27,30). The van der Waals surface area contributed by atoms with Gasteiger partial charge in [0.05, 0.1) is 5.69 Å². The largest absolute Gasteiger partial charge is 0.349 e. The third-order valence-electron chi connectivity index (χ3n) is 6.61. The molecule has 5 heteroatoms. The van der Waals surface area contributed by atoms with E-state index in [2.05, 4.69) is 5.32 Å². The highest BCUT2D eigenvalue weighted by Gasteiger charge is 2.39. The summed E-state index contributed by atoms with van der Waals surface area (Å²) in [6.07, 6.45) is 4.52. The summed E-state index contributed by atoms with van der Waals surface area (Å²) in [5.74, 6) is 0.147. The van der Waals surface area contributed by atoms with Crippen molar-refractivity contribution in [3.8, 4) is 0 Å². The van der Waals surface area contributed by atoms with Gasteiger partial charge in [-0.15, -0.1) is 0 Å². The van der Waals surface area contributed by atoms with E-state index in [9.17, 15) is 14.4 Å². The van der Waals surface area contributed by atoms with Crippen molar-refractivity contribution < 1.29 is 14.4 Å². The predicted octanol–water partition coefficient (Wildman–Crippen LogP) is 4.73. The number of nitrogens with zero attached hydrogens (tertiary/aromatic N) is 1. The van der Waals surface area contributed by atoms with Crippen molar-refractivity contribution in [1.29, 1.82) is 0 Å². The van der Waals surface area contributed by atoms with E-state index in [4.69, 9.17) is 0 Å². The van der Waals surface area contributed by atoms with Gasteiger partial charge in [-0.2, -0.15) is 0 Å². The number of carbonyl (C=O) groups excluding carboxylic acids is 3. The molecule has 3 aliphatic carbocycles. The summed E-state index contributed by atoms with van der Waals surface area (Å²) >= 11 is 0. The number of fused-ring (bicyclic) bond motifs is 1. The van der Waals surface area contributed by atoms with Gasteiger partial charge in [-0.1, -0.05) is 19.9 Å². The van der Waals surface area contributed by atoms with Crippen LogP contribution in [-0.4, -0.2) is 23.6 Å². The lowest BCUT2D eigenvalue weighted by atomic mass is 9.89. The van der Waals surface area contributed by atoms with Gasteiger partial charge >= 0.3 is 0 Å². The molecular formula is C26H28N2O3. The van der Waals surface area contributed by atoms with Gasteiger partial charge < -0.3 is 5.32 Å². The Bertz CT molecular complexity index is 1110. The second kappa shape index (κ2) is 7.04. The van der Waals surface area contributed by atoms with Gasteiger partial charge in [-0.05, 0) is 80.5 Å². The number of amides is 2. The van der Waals surface area contributed by atoms with Gasteiger partial charge in [0, 0.05) is 34.2 Å². The van der Waals surface area contributed by atoms with Crippen molar-refractivity contribution in [2.45, 2.75) is 58.9 Å². The molecule has 0 heterocycles. The van der Waals surface area contributed by atoms with Crippen molar-refractivity contribution in [1.82, 2.24) is 5.32 Å². The van der Waals surface area contributed by atoms with Crippen molar-refractivity contribution in [2.75, 3.05) is 4.90 Å². The van der Waals surface area contributed by atoms with Crippen LogP contribution in [0.15, 0.2) is 36.4 Å². The minimum atomic E-state index is -0.414. The number of aryl methyl sites for hydroxylation is 1. The minimum absolute atomic E-state index is 0.0228. The molecule has 5 nitrogen and oxygen atoms in total. The number of rotatable bonds is 5. The third kappa shape index (κ3) is 3.67. The summed E-state index contributed by atoms with van der Waals surface area (Å²) in [6.45, 7) is 5.90. The van der Waals surface area contributed by atoms with Crippen LogP contribution in [-0.2, 0) is 11.2 Å². The molecule has 31 heavy (non-hydrogen) atoms. The molecule has 0 radical (unpaired) electrons. The summed E-state index contributed by atoms with van der Waals surface area (Å²) in [7, 11) is 0. The van der Waals surface area contributed by atoms with E-state index in [0.29, 0.717) is 12.0 Å². The van der Waals surface area contributed by atoms with Gasteiger partial charge in [-0.25, -0.2) is 0 Å². The first-order valence-corrected chi connectivity index (χ1v) is 11.2. The minimum Gasteiger partial charge on any atom is -0.349 e. The lowest BCUT2D eigenvalue weighted by Gasteiger charge is -2.26. The van der Waals surface area contributed by atoms with Crippen molar-refractivity contribution in [3.63, 3.8) is 0 Å². The Kier molecular flexibility index (Phi) is 4.54. The first kappa shape index (κ1) is 20.0. The van der Waals surface area contributed by atoms with E-state index in [0.717, 1.165) is 53.7 Å². The smallest absolute Gasteiger partial charge is 0.251 e. The van der Waals surface area contributed by atoms with Crippen molar-refractivity contribution in [3.05, 3.63) is 58.7 Å². The maximum absolute atomic E-state index is 13.4. The average Bonchev–Trinajstić information content (AvgIpc) is 3.63. The highest BCUT2D eigenvalue weighted by Crippen LogP contribution is 2.42. The fourth-order valence-electron chi connectivity index (χ4n) is 4.39. The van der Waals surface area contributed by atoms with Crippen LogP contribution < -0.4 is 10.2 Å². The number of anilines is 2. The van der Waals surface area contributed by atoms with Crippen LogP contribution in [0, 0.1) is 18.3 Å². The normalized spacial score (nSPS) is 19.1. The fraction of sp³-hybridized carbons (Fsp3) is 0.423. The van der Waals surface area contributed by atoms with Crippen LogP contribution in [0.25, 0.3) is 0 Å². The lowest BCUT2D eigenvalue weighted by Crippen LogP contribution is -2.29. The molecule has 0 aliphatic heterocycles. The average molecular weight is 417 g/mol. The van der Waals surface area contributed by atoms with Crippen molar-refractivity contribution >= 4 is 29.0 Å². The van der Waals surface area contributed by atoms with Gasteiger partial charge in [-0.3, -0.25) is 19.3 Å². The Balaban J connectivity index is 1.56. The van der Waals surface area contributed by atoms with Crippen molar-refractivity contribution in [2.24, 2.45) is 11.3 Å². The number of carbonyl (C=O) groups is 3. The highest BCUT2D eigenvalue weighted by atomic mass is 16.2. The van der Waals surface area contributed by atoms with Crippen LogP contribution in [0.1, 0.15) is 71.4 Å². The molecule has 2 aromatic rings. The van der Waals surface area contributed by atoms with E-state index in [-0.39, 0.29) is 29.6 Å². The summed E-state index contributed by atoms with van der Waals surface area (Å²) in [6, 6.07) is 11.5. The number of ketones is 1. The van der Waals surface area contributed by atoms with E-state index < -0.39 is 5.41 Å². The van der Waals surface area contributed by atoms with Gasteiger partial charge in [0.25, 0.3) is 5.91 Å². The summed E-state index contributed by atoms with van der Waals surface area (Å²) in [5, 5.41) is 3.03. The Morgan fingerprint density at radius 3 is 2.45 bits per heavy atom. The Morgan fingerprint density at radius 1 is 1.03 bits per heavy atom. The number of hydrogen-bond acceptors (Lipinski definition) is 3.